The summed E-state index contributed by atoms with van der Waals surface area (Å²) in [5.41, 5.74) is 1.01. The number of carbonyl (C=O) groups is 1. The molecule has 0 aliphatic carbocycles. The third kappa shape index (κ3) is 9.86. The molecule has 0 radical (unpaired) electrons. The topological polar surface area (TPSA) is 50.4 Å². The Morgan fingerprint density at radius 1 is 1.19 bits per heavy atom. The third-order valence-corrected chi connectivity index (χ3v) is 2.53. The molecule has 21 heavy (non-hydrogen) atoms. The van der Waals surface area contributed by atoms with Crippen LogP contribution in [0.2, 0.25) is 0 Å². The molecule has 1 aromatic rings. The monoisotopic (exact) mass is 304 g/mol. The Morgan fingerprint density at radius 3 is 2.57 bits per heavy atom. The molecule has 0 saturated carbocycles. The van der Waals surface area contributed by atoms with Gasteiger partial charge in [0.25, 0.3) is 0 Å². The lowest BCUT2D eigenvalue weighted by atomic mass is 10.2. The van der Waals surface area contributed by atoms with Crippen molar-refractivity contribution < 1.29 is 22.7 Å². The smallest absolute Gasteiger partial charge is 0.372 e. The van der Waals surface area contributed by atoms with Crippen LogP contribution in [0.4, 0.5) is 13.2 Å². The molecule has 118 valence electrons. The molecule has 0 bridgehead atoms. The fourth-order valence-corrected chi connectivity index (χ4v) is 1.55. The van der Waals surface area contributed by atoms with E-state index in [9.17, 15) is 18.0 Å². The fraction of sp³-hybridized carbons (Fsp3) is 0.500. The van der Waals surface area contributed by atoms with Gasteiger partial charge in [0.05, 0.1) is 6.54 Å². The van der Waals surface area contributed by atoms with Crippen molar-refractivity contribution in [3.63, 3.8) is 0 Å². The van der Waals surface area contributed by atoms with Gasteiger partial charge in [-0.05, 0) is 18.5 Å². The van der Waals surface area contributed by atoms with Crippen LogP contribution in [0.15, 0.2) is 30.3 Å². The zero-order valence-electron chi connectivity index (χ0n) is 11.6. The summed E-state index contributed by atoms with van der Waals surface area (Å²) in [7, 11) is 0. The molecule has 0 aliphatic heterocycles. The van der Waals surface area contributed by atoms with Crippen LogP contribution in [-0.4, -0.2) is 38.4 Å². The van der Waals surface area contributed by atoms with E-state index in [4.69, 9.17) is 0 Å². The highest BCUT2D eigenvalue weighted by molar-refractivity contribution is 5.77. The van der Waals surface area contributed by atoms with E-state index in [1.807, 2.05) is 30.3 Å². The first-order valence-corrected chi connectivity index (χ1v) is 6.63. The number of ether oxygens (including phenoxy) is 1. The van der Waals surface area contributed by atoms with Gasteiger partial charge in [-0.25, -0.2) is 0 Å². The lowest BCUT2D eigenvalue weighted by Crippen LogP contribution is -2.34. The Kier molecular flexibility index (Phi) is 7.78. The van der Waals surface area contributed by atoms with E-state index >= 15 is 0 Å². The summed E-state index contributed by atoms with van der Waals surface area (Å²) in [4.78, 5) is 11.5. The van der Waals surface area contributed by atoms with E-state index in [0.717, 1.165) is 5.56 Å². The number of carbonyl (C=O) groups excluding carboxylic acids is 1. The number of halogens is 3. The number of alkyl halides is 3. The molecule has 1 aromatic carbocycles. The molecule has 0 heterocycles. The van der Waals surface area contributed by atoms with Crippen LogP contribution < -0.4 is 10.6 Å². The average molecular weight is 304 g/mol. The maximum atomic E-state index is 11.8. The SMILES string of the molecule is O=C(CNCCCOCC(F)(F)F)NCc1ccccc1. The van der Waals surface area contributed by atoms with Crippen LogP contribution in [-0.2, 0) is 16.1 Å². The Labute approximate surface area is 121 Å². The first-order valence-electron chi connectivity index (χ1n) is 6.63. The molecule has 2 N–H and O–H groups in total. The molecule has 0 saturated heterocycles. The molecule has 0 spiro atoms. The highest BCUT2D eigenvalue weighted by Gasteiger charge is 2.27. The van der Waals surface area contributed by atoms with E-state index < -0.39 is 12.8 Å². The maximum Gasteiger partial charge on any atom is 0.411 e. The van der Waals surface area contributed by atoms with Gasteiger partial charge >= 0.3 is 6.18 Å². The van der Waals surface area contributed by atoms with E-state index in [1.54, 1.807) is 0 Å². The van der Waals surface area contributed by atoms with Gasteiger partial charge in [0.15, 0.2) is 0 Å². The molecular formula is C14H19F3N2O2. The average Bonchev–Trinajstić information content (AvgIpc) is 2.44. The minimum Gasteiger partial charge on any atom is -0.372 e. The predicted octanol–water partition coefficient (Wildman–Crippen LogP) is 1.86. The molecule has 7 heteroatoms. The molecule has 0 aliphatic rings. The first kappa shape index (κ1) is 17.5. The second kappa shape index (κ2) is 9.36. The number of rotatable bonds is 9. The van der Waals surface area contributed by atoms with Gasteiger partial charge in [0.2, 0.25) is 5.91 Å². The van der Waals surface area contributed by atoms with Crippen molar-refractivity contribution in [2.75, 3.05) is 26.3 Å². The van der Waals surface area contributed by atoms with Crippen molar-refractivity contribution in [2.24, 2.45) is 0 Å². The summed E-state index contributed by atoms with van der Waals surface area (Å²) in [5, 5.41) is 5.59. The number of nitrogens with one attached hydrogen (secondary N) is 2. The van der Waals surface area contributed by atoms with Crippen molar-refractivity contribution in [3.8, 4) is 0 Å². The lowest BCUT2D eigenvalue weighted by molar-refractivity contribution is -0.173. The quantitative estimate of drug-likeness (QED) is 0.685. The molecule has 1 rings (SSSR count). The van der Waals surface area contributed by atoms with Crippen LogP contribution in [0.25, 0.3) is 0 Å². The van der Waals surface area contributed by atoms with Crippen LogP contribution in [0.5, 0.6) is 0 Å². The summed E-state index contributed by atoms with van der Waals surface area (Å²) >= 11 is 0. The summed E-state index contributed by atoms with van der Waals surface area (Å²) in [6.45, 7) is -0.207. The van der Waals surface area contributed by atoms with Crippen LogP contribution in [0.3, 0.4) is 0 Å². The summed E-state index contributed by atoms with van der Waals surface area (Å²) < 4.78 is 39.7. The standard InChI is InChI=1S/C14H19F3N2O2/c15-14(16,17)11-21-8-4-7-18-10-13(20)19-9-12-5-2-1-3-6-12/h1-3,5-6,18H,4,7-11H2,(H,19,20). The normalized spacial score (nSPS) is 11.4. The molecular weight excluding hydrogens is 285 g/mol. The Bertz CT molecular complexity index is 410. The highest BCUT2D eigenvalue weighted by atomic mass is 19.4. The molecule has 0 aromatic heterocycles. The van der Waals surface area contributed by atoms with Crippen molar-refractivity contribution in [1.82, 2.24) is 10.6 Å². The van der Waals surface area contributed by atoms with Crippen molar-refractivity contribution in [2.45, 2.75) is 19.1 Å². The molecule has 1 amide bonds. The second-order valence-electron chi connectivity index (χ2n) is 4.46. The van der Waals surface area contributed by atoms with Gasteiger partial charge in [-0.15, -0.1) is 0 Å². The minimum absolute atomic E-state index is 0.0120. The maximum absolute atomic E-state index is 11.8. The number of benzene rings is 1. The zero-order chi connectivity index (χ0) is 15.6. The number of hydrogen-bond donors (Lipinski definition) is 2. The third-order valence-electron chi connectivity index (χ3n) is 2.53. The van der Waals surface area contributed by atoms with Gasteiger partial charge in [0.1, 0.15) is 6.61 Å². The Hall–Kier alpha value is -1.60. The van der Waals surface area contributed by atoms with Gasteiger partial charge in [0, 0.05) is 13.2 Å². The van der Waals surface area contributed by atoms with Crippen LogP contribution >= 0.6 is 0 Å². The lowest BCUT2D eigenvalue weighted by Gasteiger charge is -2.08. The van der Waals surface area contributed by atoms with Crippen LogP contribution in [0, 0.1) is 0 Å². The van der Waals surface area contributed by atoms with E-state index in [2.05, 4.69) is 15.4 Å². The predicted molar refractivity (Wildman–Crippen MR) is 72.6 cm³/mol. The summed E-state index contributed by atoms with van der Waals surface area (Å²) in [5.74, 6) is -0.157. The van der Waals surface area contributed by atoms with E-state index in [1.165, 1.54) is 0 Å². The highest BCUT2D eigenvalue weighted by Crippen LogP contribution is 2.14. The molecule has 0 unspecified atom stereocenters. The molecule has 0 fully saturated rings. The second-order valence-corrected chi connectivity index (χ2v) is 4.46. The van der Waals surface area contributed by atoms with E-state index in [0.29, 0.717) is 19.5 Å². The minimum atomic E-state index is -4.29. The van der Waals surface area contributed by atoms with Crippen molar-refractivity contribution in [1.29, 1.82) is 0 Å². The van der Waals surface area contributed by atoms with Gasteiger partial charge in [-0.2, -0.15) is 13.2 Å². The molecule has 4 nitrogen and oxygen atoms in total. The zero-order valence-corrected chi connectivity index (χ0v) is 11.6. The largest absolute Gasteiger partial charge is 0.411 e. The Balaban J connectivity index is 1.96. The number of amides is 1. The summed E-state index contributed by atoms with van der Waals surface area (Å²) in [6.07, 6.45) is -3.87. The number of hydrogen-bond acceptors (Lipinski definition) is 3. The van der Waals surface area contributed by atoms with Gasteiger partial charge in [-0.3, -0.25) is 4.79 Å². The Morgan fingerprint density at radius 2 is 1.90 bits per heavy atom. The van der Waals surface area contributed by atoms with E-state index in [-0.39, 0.29) is 19.1 Å². The fourth-order valence-electron chi connectivity index (χ4n) is 1.55. The molecule has 0 atom stereocenters. The van der Waals surface area contributed by atoms with Crippen molar-refractivity contribution in [3.05, 3.63) is 35.9 Å². The van der Waals surface area contributed by atoms with Gasteiger partial charge in [-0.1, -0.05) is 30.3 Å². The van der Waals surface area contributed by atoms with Crippen LogP contribution in [0.1, 0.15) is 12.0 Å². The van der Waals surface area contributed by atoms with Gasteiger partial charge < -0.3 is 15.4 Å². The summed E-state index contributed by atoms with van der Waals surface area (Å²) in [6, 6.07) is 9.49. The van der Waals surface area contributed by atoms with Crippen molar-refractivity contribution >= 4 is 5.91 Å². The first-order chi connectivity index (χ1) is 9.97.